The maximum Gasteiger partial charge on any atom is 0.480 e. The first-order chi connectivity index (χ1) is 9.97. The molecule has 6 nitrogen and oxygen atoms in total. The van der Waals surface area contributed by atoms with Crippen LogP contribution in [-0.4, -0.2) is 28.4 Å². The van der Waals surface area contributed by atoms with Crippen LogP contribution in [0.5, 0.6) is 0 Å². The highest BCUT2D eigenvalue weighted by Gasteiger charge is 2.50. The summed E-state index contributed by atoms with van der Waals surface area (Å²) in [6, 6.07) is 0. The fraction of sp³-hybridized carbons (Fsp3) is 1.00. The number of halogens is 3. The van der Waals surface area contributed by atoms with Gasteiger partial charge in [0, 0.05) is 0 Å². The zero-order valence-corrected chi connectivity index (χ0v) is 13.0. The van der Waals surface area contributed by atoms with Crippen molar-refractivity contribution in [3.8, 4) is 0 Å². The lowest BCUT2D eigenvalue weighted by Gasteiger charge is -2.53. The fourth-order valence-electron chi connectivity index (χ4n) is 4.35. The van der Waals surface area contributed by atoms with E-state index in [-0.39, 0.29) is 11.8 Å². The Morgan fingerprint density at radius 3 is 1.73 bits per heavy atom. The van der Waals surface area contributed by atoms with E-state index >= 15 is 0 Å². The molecule has 4 fully saturated rings. The van der Waals surface area contributed by atoms with Gasteiger partial charge < -0.3 is 4.13 Å². The zero-order chi connectivity index (χ0) is 16.3. The number of alkyl halides is 3. The van der Waals surface area contributed by atoms with Crippen molar-refractivity contribution in [2.75, 3.05) is 0 Å². The van der Waals surface area contributed by atoms with Gasteiger partial charge in [0.1, 0.15) is 0 Å². The minimum Gasteiger partial charge on any atom is -0.404 e. The van der Waals surface area contributed by atoms with Crippen LogP contribution in [0, 0.1) is 23.7 Å². The number of hydrogen-bond donors (Lipinski definition) is 0. The first kappa shape index (κ1) is 16.5. The molecule has 0 aromatic heterocycles. The SMILES string of the molecule is O=S(=O)([N-]S(=O)(=O)C(F)(F)F)OC1C2CC3CC(C2)CC1C3. The first-order valence-electron chi connectivity index (χ1n) is 6.95. The van der Waals surface area contributed by atoms with Crippen molar-refractivity contribution in [3.63, 3.8) is 0 Å². The van der Waals surface area contributed by atoms with Gasteiger partial charge in [0.05, 0.1) is 6.10 Å². The molecule has 0 aliphatic heterocycles. The van der Waals surface area contributed by atoms with Crippen LogP contribution in [0.15, 0.2) is 0 Å². The maximum atomic E-state index is 12.2. The van der Waals surface area contributed by atoms with E-state index in [1.54, 1.807) is 0 Å². The van der Waals surface area contributed by atoms with Gasteiger partial charge in [0.25, 0.3) is 0 Å². The van der Waals surface area contributed by atoms with Gasteiger partial charge in [-0.15, -0.1) is 0 Å². The fourth-order valence-corrected chi connectivity index (χ4v) is 6.39. The molecule has 0 saturated heterocycles. The Balaban J connectivity index is 1.73. The van der Waals surface area contributed by atoms with Gasteiger partial charge in [0.2, 0.25) is 10.3 Å². The lowest BCUT2D eigenvalue weighted by Crippen LogP contribution is -2.50. The van der Waals surface area contributed by atoms with Crippen molar-refractivity contribution in [1.29, 1.82) is 0 Å². The van der Waals surface area contributed by atoms with E-state index in [0.717, 1.165) is 32.1 Å². The Morgan fingerprint density at radius 2 is 1.32 bits per heavy atom. The monoisotopic (exact) mass is 362 g/mol. The van der Waals surface area contributed by atoms with Crippen LogP contribution < -0.4 is 0 Å². The highest BCUT2D eigenvalue weighted by atomic mass is 32.3. The molecule has 0 N–H and O–H groups in total. The number of sulfonamides is 1. The van der Waals surface area contributed by atoms with E-state index in [2.05, 4.69) is 0 Å². The van der Waals surface area contributed by atoms with E-state index in [9.17, 15) is 30.0 Å². The normalized spacial score (nSPS) is 38.4. The topological polar surface area (TPSA) is 91.6 Å². The molecule has 0 atom stereocenters. The molecule has 0 spiro atoms. The van der Waals surface area contributed by atoms with Crippen LogP contribution in [0.25, 0.3) is 4.13 Å². The molecule has 22 heavy (non-hydrogen) atoms. The van der Waals surface area contributed by atoms with Crippen molar-refractivity contribution in [2.45, 2.75) is 43.7 Å². The predicted molar refractivity (Wildman–Crippen MR) is 69.2 cm³/mol. The lowest BCUT2D eigenvalue weighted by atomic mass is 9.55. The molecule has 0 radical (unpaired) electrons. The lowest BCUT2D eigenvalue weighted by molar-refractivity contribution is -0.0760. The third kappa shape index (κ3) is 3.00. The van der Waals surface area contributed by atoms with E-state index < -0.39 is 31.9 Å². The molecular formula is C11H15F3NO5S2-. The number of hydrogen-bond acceptors (Lipinski definition) is 5. The van der Waals surface area contributed by atoms with Crippen LogP contribution >= 0.6 is 0 Å². The van der Waals surface area contributed by atoms with Crippen molar-refractivity contribution >= 4 is 20.3 Å². The van der Waals surface area contributed by atoms with E-state index in [1.165, 1.54) is 0 Å². The highest BCUT2D eigenvalue weighted by molar-refractivity contribution is 8.10. The summed E-state index contributed by atoms with van der Waals surface area (Å²) in [6.45, 7) is 0. The number of rotatable bonds is 4. The van der Waals surface area contributed by atoms with E-state index in [4.69, 9.17) is 4.18 Å². The summed E-state index contributed by atoms with van der Waals surface area (Å²) in [5.74, 6) is 0.937. The van der Waals surface area contributed by atoms with E-state index in [1.807, 2.05) is 4.13 Å². The summed E-state index contributed by atoms with van der Waals surface area (Å²) in [5, 5.41) is 0. The van der Waals surface area contributed by atoms with Crippen molar-refractivity contribution in [2.24, 2.45) is 23.7 Å². The van der Waals surface area contributed by atoms with Gasteiger partial charge in [-0.1, -0.05) is 0 Å². The molecule has 0 aromatic rings. The average molecular weight is 362 g/mol. The third-order valence-electron chi connectivity index (χ3n) is 4.85. The first-order valence-corrected chi connectivity index (χ1v) is 9.76. The number of nitrogens with zero attached hydrogens (tertiary/aromatic N) is 1. The Bertz CT molecular complexity index is 630. The second kappa shape index (κ2) is 5.05. The van der Waals surface area contributed by atoms with Crippen LogP contribution in [0.2, 0.25) is 0 Å². The van der Waals surface area contributed by atoms with Crippen LogP contribution in [-0.2, 0) is 24.5 Å². The summed E-state index contributed by atoms with van der Waals surface area (Å²) in [4.78, 5) is 0. The van der Waals surface area contributed by atoms with Crippen molar-refractivity contribution in [3.05, 3.63) is 4.13 Å². The standard InChI is InChI=1S/C11H15F3NO5S2/c12-11(13,14)21(16,17)15-22(18,19)20-10-8-2-6-1-7(4-8)5-9(10)3-6/h6-10H,1-5H2/q-1. The van der Waals surface area contributed by atoms with Gasteiger partial charge in [-0.25, -0.2) is 16.8 Å². The van der Waals surface area contributed by atoms with Gasteiger partial charge in [-0.05, 0) is 55.8 Å². The Morgan fingerprint density at radius 1 is 0.864 bits per heavy atom. The summed E-state index contributed by atoms with van der Waals surface area (Å²) in [7, 11) is -11.3. The van der Waals surface area contributed by atoms with Crippen LogP contribution in [0.4, 0.5) is 13.2 Å². The molecule has 128 valence electrons. The molecule has 4 aliphatic carbocycles. The summed E-state index contributed by atoms with van der Waals surface area (Å²) in [6.07, 6.45) is 3.46. The molecule has 0 unspecified atom stereocenters. The van der Waals surface area contributed by atoms with Crippen molar-refractivity contribution in [1.82, 2.24) is 0 Å². The van der Waals surface area contributed by atoms with Gasteiger partial charge in [0.15, 0.2) is 10.0 Å². The molecule has 0 aromatic carbocycles. The van der Waals surface area contributed by atoms with Gasteiger partial charge in [-0.3, -0.25) is 4.18 Å². The van der Waals surface area contributed by atoms with E-state index in [0.29, 0.717) is 11.8 Å². The zero-order valence-electron chi connectivity index (χ0n) is 11.4. The minimum absolute atomic E-state index is 0.0465. The second-order valence-electron chi connectivity index (χ2n) is 6.41. The van der Waals surface area contributed by atoms with Gasteiger partial charge >= 0.3 is 5.51 Å². The second-order valence-corrected chi connectivity index (χ2v) is 9.47. The molecular weight excluding hydrogens is 347 g/mol. The van der Waals surface area contributed by atoms with Crippen molar-refractivity contribution < 1.29 is 34.2 Å². The Hall–Kier alpha value is -0.390. The third-order valence-corrected chi connectivity index (χ3v) is 7.42. The summed E-state index contributed by atoms with van der Waals surface area (Å²) >= 11 is 0. The average Bonchev–Trinajstić information content (AvgIpc) is 2.30. The molecule has 4 rings (SSSR count). The van der Waals surface area contributed by atoms with Crippen LogP contribution in [0.3, 0.4) is 0 Å². The molecule has 11 heteroatoms. The molecule has 4 bridgehead atoms. The molecule has 4 aliphatic rings. The summed E-state index contributed by atoms with van der Waals surface area (Å²) < 4.78 is 88.4. The minimum atomic E-state index is -6.12. The molecule has 0 amide bonds. The predicted octanol–water partition coefficient (Wildman–Crippen LogP) is 2.30. The summed E-state index contributed by atoms with van der Waals surface area (Å²) in [5.41, 5.74) is -5.76. The van der Waals surface area contributed by atoms with Gasteiger partial charge in [-0.2, -0.15) is 13.2 Å². The Labute approximate surface area is 126 Å². The highest BCUT2D eigenvalue weighted by Crippen LogP contribution is 2.55. The quantitative estimate of drug-likeness (QED) is 0.765. The smallest absolute Gasteiger partial charge is 0.404 e. The largest absolute Gasteiger partial charge is 0.480 e. The molecule has 0 heterocycles. The molecule has 4 saturated carbocycles. The maximum absolute atomic E-state index is 12.2. The Kier molecular flexibility index (Phi) is 3.78. The van der Waals surface area contributed by atoms with Crippen LogP contribution in [0.1, 0.15) is 32.1 Å².